The summed E-state index contributed by atoms with van der Waals surface area (Å²) in [5.74, 6) is 0.335. The third-order valence-corrected chi connectivity index (χ3v) is 4.82. The van der Waals surface area contributed by atoms with Crippen molar-refractivity contribution < 1.29 is 4.79 Å². The van der Waals surface area contributed by atoms with Crippen LogP contribution in [0.4, 0.5) is 5.69 Å². The highest BCUT2D eigenvalue weighted by Crippen LogP contribution is 2.36. The van der Waals surface area contributed by atoms with Gasteiger partial charge in [-0.2, -0.15) is 5.10 Å². The maximum Gasteiger partial charge on any atom is 0.264 e. The van der Waals surface area contributed by atoms with Gasteiger partial charge in [-0.1, -0.05) is 12.1 Å². The number of anilines is 1. The molecule has 0 radical (unpaired) electrons. The second kappa shape index (κ2) is 6.62. The van der Waals surface area contributed by atoms with Crippen molar-refractivity contribution >= 4 is 22.6 Å². The van der Waals surface area contributed by atoms with Crippen molar-refractivity contribution in [3.63, 3.8) is 0 Å². The molecule has 5 rings (SSSR count). The lowest BCUT2D eigenvalue weighted by molar-refractivity contribution is -0.116. The zero-order valence-electron chi connectivity index (χ0n) is 15.6. The Labute approximate surface area is 164 Å². The number of tetrazole rings is 1. The van der Waals surface area contributed by atoms with E-state index >= 15 is 0 Å². The summed E-state index contributed by atoms with van der Waals surface area (Å²) >= 11 is 0. The van der Waals surface area contributed by atoms with Gasteiger partial charge in [0.15, 0.2) is 11.5 Å². The maximum absolute atomic E-state index is 12.5. The van der Waals surface area contributed by atoms with Crippen molar-refractivity contribution in [3.05, 3.63) is 47.1 Å². The number of carbonyl (C=O) groups excluding carboxylic acids is 1. The number of carbonyl (C=O) groups is 1. The number of amides is 1. The lowest BCUT2D eigenvalue weighted by Crippen LogP contribution is -2.27. The minimum absolute atomic E-state index is 0.152. The van der Waals surface area contributed by atoms with E-state index in [2.05, 4.69) is 30.9 Å². The topological polar surface area (TPSA) is 125 Å². The Balaban J connectivity index is 1.35. The third kappa shape index (κ3) is 3.16. The fourth-order valence-corrected chi connectivity index (χ4v) is 3.22. The predicted molar refractivity (Wildman–Crippen MR) is 103 cm³/mol. The summed E-state index contributed by atoms with van der Waals surface area (Å²) < 4.78 is 4.59. The molecular weight excluding hydrogens is 374 g/mol. The summed E-state index contributed by atoms with van der Waals surface area (Å²) in [5, 5.41) is 19.1. The third-order valence-electron chi connectivity index (χ3n) is 4.82. The molecule has 1 fully saturated rings. The van der Waals surface area contributed by atoms with Gasteiger partial charge >= 0.3 is 0 Å². The summed E-state index contributed by atoms with van der Waals surface area (Å²) in [6.45, 7) is -0.152. The highest BCUT2D eigenvalue weighted by Gasteiger charge is 2.28. The molecule has 29 heavy (non-hydrogen) atoms. The second-order valence-corrected chi connectivity index (χ2v) is 6.99. The number of benzene rings is 1. The fourth-order valence-electron chi connectivity index (χ4n) is 3.22. The number of rotatable bonds is 5. The van der Waals surface area contributed by atoms with Gasteiger partial charge in [-0.15, -0.1) is 5.10 Å². The van der Waals surface area contributed by atoms with E-state index in [4.69, 9.17) is 0 Å². The average Bonchev–Trinajstić information content (AvgIpc) is 3.31. The molecule has 11 nitrogen and oxygen atoms in total. The van der Waals surface area contributed by atoms with Crippen molar-refractivity contribution in [2.75, 3.05) is 5.32 Å². The first-order chi connectivity index (χ1) is 14.1. The number of fused-ring (bicyclic) bond motifs is 1. The van der Waals surface area contributed by atoms with Crippen LogP contribution in [0.15, 0.2) is 41.6 Å². The van der Waals surface area contributed by atoms with Crippen LogP contribution in [0.1, 0.15) is 18.9 Å². The first kappa shape index (κ1) is 17.2. The molecule has 1 saturated carbocycles. The minimum atomic E-state index is -0.337. The summed E-state index contributed by atoms with van der Waals surface area (Å²) in [4.78, 5) is 29.2. The Morgan fingerprint density at radius 2 is 2.17 bits per heavy atom. The molecule has 0 bridgehead atoms. The molecule has 3 aromatic heterocycles. The van der Waals surface area contributed by atoms with E-state index in [1.54, 1.807) is 13.1 Å². The van der Waals surface area contributed by atoms with Crippen molar-refractivity contribution in [1.29, 1.82) is 0 Å². The van der Waals surface area contributed by atoms with E-state index in [1.165, 1.54) is 21.8 Å². The zero-order valence-corrected chi connectivity index (χ0v) is 15.6. The van der Waals surface area contributed by atoms with E-state index in [-0.39, 0.29) is 18.0 Å². The summed E-state index contributed by atoms with van der Waals surface area (Å²) in [6.07, 6.45) is 4.94. The van der Waals surface area contributed by atoms with Gasteiger partial charge in [0.1, 0.15) is 18.3 Å². The Morgan fingerprint density at radius 3 is 3.00 bits per heavy atom. The van der Waals surface area contributed by atoms with Crippen LogP contribution in [0.25, 0.3) is 22.4 Å². The monoisotopic (exact) mass is 391 g/mol. The van der Waals surface area contributed by atoms with Gasteiger partial charge in [-0.3, -0.25) is 18.8 Å². The summed E-state index contributed by atoms with van der Waals surface area (Å²) in [6, 6.07) is 7.66. The lowest BCUT2D eigenvalue weighted by atomic mass is 10.2. The van der Waals surface area contributed by atoms with Gasteiger partial charge < -0.3 is 5.32 Å². The van der Waals surface area contributed by atoms with Gasteiger partial charge in [0.25, 0.3) is 5.56 Å². The standard InChI is InChI=1S/C18H17N9O2/c1-25-17-14(8-20-25)18(29)26(10-19-17)9-15(28)21-12-4-2-3-11(7-12)16-22-23-24-27(16)13-5-6-13/h2-4,7-8,10,13H,5-6,9H2,1H3,(H,21,28). The van der Waals surface area contributed by atoms with Crippen LogP contribution >= 0.6 is 0 Å². The number of aryl methyl sites for hydroxylation is 1. The Hall–Kier alpha value is -3.89. The molecule has 1 aromatic carbocycles. The number of hydrogen-bond acceptors (Lipinski definition) is 7. The molecular formula is C18H17N9O2. The molecule has 0 saturated heterocycles. The molecule has 1 amide bonds. The van der Waals surface area contributed by atoms with Crippen LogP contribution in [0.3, 0.4) is 0 Å². The maximum atomic E-state index is 12.5. The molecule has 1 aliphatic carbocycles. The van der Waals surface area contributed by atoms with Gasteiger partial charge in [-0.05, 0) is 35.4 Å². The van der Waals surface area contributed by atoms with Crippen LogP contribution in [-0.4, -0.2) is 45.4 Å². The molecule has 0 aliphatic heterocycles. The quantitative estimate of drug-likeness (QED) is 0.532. The van der Waals surface area contributed by atoms with Crippen molar-refractivity contribution in [2.45, 2.75) is 25.4 Å². The van der Waals surface area contributed by atoms with Gasteiger partial charge in [0.2, 0.25) is 5.91 Å². The molecule has 0 spiro atoms. The molecule has 146 valence electrons. The molecule has 0 unspecified atom stereocenters. The smallest absolute Gasteiger partial charge is 0.264 e. The van der Waals surface area contributed by atoms with E-state index in [1.807, 2.05) is 22.9 Å². The SMILES string of the molecule is Cn1ncc2c(=O)n(CC(=O)Nc3cccc(-c4nnnn4C4CC4)c3)cnc21. The van der Waals surface area contributed by atoms with Crippen molar-refractivity contribution in [2.24, 2.45) is 7.05 Å². The van der Waals surface area contributed by atoms with E-state index in [9.17, 15) is 9.59 Å². The number of nitrogens with zero attached hydrogens (tertiary/aromatic N) is 8. The van der Waals surface area contributed by atoms with Crippen molar-refractivity contribution in [1.82, 2.24) is 39.5 Å². The average molecular weight is 391 g/mol. The first-order valence-corrected chi connectivity index (χ1v) is 9.15. The normalized spacial score (nSPS) is 13.7. The van der Waals surface area contributed by atoms with Crippen molar-refractivity contribution in [3.8, 4) is 11.4 Å². The molecule has 1 N–H and O–H groups in total. The van der Waals surface area contributed by atoms with Crippen LogP contribution in [-0.2, 0) is 18.4 Å². The molecule has 4 aromatic rings. The lowest BCUT2D eigenvalue weighted by Gasteiger charge is -2.09. The molecule has 11 heteroatoms. The minimum Gasteiger partial charge on any atom is -0.325 e. The number of aromatic nitrogens is 8. The Morgan fingerprint density at radius 1 is 1.31 bits per heavy atom. The van der Waals surface area contributed by atoms with E-state index in [0.717, 1.165) is 18.4 Å². The van der Waals surface area contributed by atoms with E-state index in [0.29, 0.717) is 28.6 Å². The summed E-state index contributed by atoms with van der Waals surface area (Å²) in [7, 11) is 1.71. The fraction of sp³-hybridized carbons (Fsp3) is 0.278. The Bertz CT molecular complexity index is 1280. The van der Waals surface area contributed by atoms with Crippen LogP contribution in [0.2, 0.25) is 0 Å². The zero-order chi connectivity index (χ0) is 20.0. The van der Waals surface area contributed by atoms with Crippen LogP contribution < -0.4 is 10.9 Å². The summed E-state index contributed by atoms with van der Waals surface area (Å²) in [5.41, 5.74) is 1.58. The molecule has 0 atom stereocenters. The Kier molecular flexibility index (Phi) is 3.93. The highest BCUT2D eigenvalue weighted by molar-refractivity contribution is 5.91. The largest absolute Gasteiger partial charge is 0.325 e. The van der Waals surface area contributed by atoms with Gasteiger partial charge in [-0.25, -0.2) is 9.67 Å². The number of nitrogens with one attached hydrogen (secondary N) is 1. The van der Waals surface area contributed by atoms with Gasteiger partial charge in [0, 0.05) is 18.3 Å². The first-order valence-electron chi connectivity index (χ1n) is 9.15. The number of hydrogen-bond donors (Lipinski definition) is 1. The second-order valence-electron chi connectivity index (χ2n) is 6.99. The molecule has 3 heterocycles. The van der Waals surface area contributed by atoms with Gasteiger partial charge in [0.05, 0.1) is 12.2 Å². The highest BCUT2D eigenvalue weighted by atomic mass is 16.2. The van der Waals surface area contributed by atoms with Crippen LogP contribution in [0, 0.1) is 0 Å². The molecule has 1 aliphatic rings. The van der Waals surface area contributed by atoms with E-state index < -0.39 is 0 Å². The van der Waals surface area contributed by atoms with Crippen LogP contribution in [0.5, 0.6) is 0 Å². The predicted octanol–water partition coefficient (Wildman–Crippen LogP) is 0.757.